The molecule has 0 saturated heterocycles. The van der Waals surface area contributed by atoms with Crippen LogP contribution in [-0.4, -0.2) is 32.2 Å². The van der Waals surface area contributed by atoms with Crippen LogP contribution >= 0.6 is 0 Å². The van der Waals surface area contributed by atoms with E-state index in [1.165, 1.54) is 17.2 Å². The highest BCUT2D eigenvalue weighted by Crippen LogP contribution is 2.37. The lowest BCUT2D eigenvalue weighted by atomic mass is 10.00. The molecule has 0 fully saturated rings. The van der Waals surface area contributed by atoms with Crippen LogP contribution < -0.4 is 0 Å². The van der Waals surface area contributed by atoms with Gasteiger partial charge in [-0.1, -0.05) is 13.8 Å². The Morgan fingerprint density at radius 1 is 1.44 bits per heavy atom. The van der Waals surface area contributed by atoms with E-state index in [0.29, 0.717) is 11.3 Å². The molecule has 96 valence electrons. The summed E-state index contributed by atoms with van der Waals surface area (Å²) < 4.78 is 0. The average molecular weight is 250 g/mol. The molecule has 1 aliphatic heterocycles. The number of nitrogens with zero attached hydrogens (tertiary/aromatic N) is 2. The maximum atomic E-state index is 11.2. The normalized spacial score (nSPS) is 17.9. The van der Waals surface area contributed by atoms with E-state index in [-0.39, 0.29) is 24.1 Å². The summed E-state index contributed by atoms with van der Waals surface area (Å²) in [5.41, 5.74) is 1.43. The molecule has 18 heavy (non-hydrogen) atoms. The first-order valence-corrected chi connectivity index (χ1v) is 5.63. The van der Waals surface area contributed by atoms with Gasteiger partial charge in [-0.15, -0.1) is 0 Å². The Morgan fingerprint density at radius 3 is 2.61 bits per heavy atom. The second kappa shape index (κ2) is 4.29. The molecule has 2 heterocycles. The summed E-state index contributed by atoms with van der Waals surface area (Å²) in [4.78, 5) is 27.5. The van der Waals surface area contributed by atoms with Gasteiger partial charge in [-0.05, 0) is 17.5 Å². The van der Waals surface area contributed by atoms with Crippen molar-refractivity contribution < 1.29 is 19.8 Å². The summed E-state index contributed by atoms with van der Waals surface area (Å²) in [6.45, 7) is 4.03. The molecule has 2 N–H and O–H groups in total. The molecule has 1 amide bonds. The Kier molecular flexibility index (Phi) is 2.94. The number of aromatic carboxylic acids is 1. The van der Waals surface area contributed by atoms with Crippen LogP contribution in [0.2, 0.25) is 0 Å². The first kappa shape index (κ1) is 12.3. The maximum Gasteiger partial charge on any atom is 0.408 e. The molecular formula is C12H14N2O4. The zero-order valence-corrected chi connectivity index (χ0v) is 10.1. The number of pyridine rings is 1. The molecule has 1 aliphatic rings. The highest BCUT2D eigenvalue weighted by molar-refractivity contribution is 5.87. The van der Waals surface area contributed by atoms with E-state index in [4.69, 9.17) is 10.2 Å². The van der Waals surface area contributed by atoms with Crippen molar-refractivity contribution in [3.05, 3.63) is 29.1 Å². The molecule has 0 spiro atoms. The average Bonchev–Trinajstić information content (AvgIpc) is 2.66. The summed E-state index contributed by atoms with van der Waals surface area (Å²) in [5.74, 6) is -0.967. The summed E-state index contributed by atoms with van der Waals surface area (Å²) in [6, 6.07) is 1.20. The SMILES string of the molecule is CC(C)[C@H]1c2ncc(C(=O)O)cc2CN1C(=O)O. The predicted octanol–water partition coefficient (Wildman–Crippen LogP) is 1.97. The monoisotopic (exact) mass is 250 g/mol. The van der Waals surface area contributed by atoms with Gasteiger partial charge in [0.15, 0.2) is 0 Å². The number of amides is 1. The summed E-state index contributed by atoms with van der Waals surface area (Å²) in [7, 11) is 0. The first-order valence-electron chi connectivity index (χ1n) is 5.63. The third-order valence-corrected chi connectivity index (χ3v) is 3.08. The van der Waals surface area contributed by atoms with Gasteiger partial charge in [-0.25, -0.2) is 9.59 Å². The standard InChI is InChI=1S/C12H14N2O4/c1-6(2)10-9-8(5-14(10)12(17)18)3-7(4-13-9)11(15)16/h3-4,6,10H,5H2,1-2H3,(H,15,16)(H,17,18)/t10-/m0/s1. The number of rotatable bonds is 2. The van der Waals surface area contributed by atoms with E-state index >= 15 is 0 Å². The molecule has 2 rings (SSSR count). The summed E-state index contributed by atoms with van der Waals surface area (Å²) in [5, 5.41) is 18.1. The third-order valence-electron chi connectivity index (χ3n) is 3.08. The van der Waals surface area contributed by atoms with E-state index in [2.05, 4.69) is 4.98 Å². The van der Waals surface area contributed by atoms with Crippen molar-refractivity contribution in [1.29, 1.82) is 0 Å². The number of carboxylic acid groups (broad SMARTS) is 2. The minimum Gasteiger partial charge on any atom is -0.478 e. The minimum atomic E-state index is -1.06. The smallest absolute Gasteiger partial charge is 0.408 e. The van der Waals surface area contributed by atoms with E-state index in [9.17, 15) is 9.59 Å². The zero-order chi connectivity index (χ0) is 13.4. The van der Waals surface area contributed by atoms with Crippen molar-refractivity contribution in [2.24, 2.45) is 5.92 Å². The van der Waals surface area contributed by atoms with Crippen LogP contribution in [0, 0.1) is 5.92 Å². The van der Waals surface area contributed by atoms with E-state index in [1.54, 1.807) is 0 Å². The predicted molar refractivity (Wildman–Crippen MR) is 62.3 cm³/mol. The molecule has 0 bridgehead atoms. The maximum absolute atomic E-state index is 11.2. The van der Waals surface area contributed by atoms with Gasteiger partial charge in [-0.3, -0.25) is 9.88 Å². The second-order valence-corrected chi connectivity index (χ2v) is 4.67. The van der Waals surface area contributed by atoms with Gasteiger partial charge in [0.05, 0.1) is 23.8 Å². The number of hydrogen-bond donors (Lipinski definition) is 2. The number of carboxylic acids is 1. The molecular weight excluding hydrogens is 236 g/mol. The largest absolute Gasteiger partial charge is 0.478 e. The zero-order valence-electron chi connectivity index (χ0n) is 10.1. The van der Waals surface area contributed by atoms with Gasteiger partial charge in [0.2, 0.25) is 0 Å². The van der Waals surface area contributed by atoms with Gasteiger partial charge < -0.3 is 10.2 Å². The van der Waals surface area contributed by atoms with Gasteiger partial charge >= 0.3 is 12.1 Å². The fourth-order valence-corrected chi connectivity index (χ4v) is 2.32. The van der Waals surface area contributed by atoms with Crippen molar-refractivity contribution in [2.75, 3.05) is 0 Å². The molecule has 1 atom stereocenters. The highest BCUT2D eigenvalue weighted by Gasteiger charge is 2.37. The van der Waals surface area contributed by atoms with Crippen LogP contribution in [0.1, 0.15) is 41.5 Å². The molecule has 1 aromatic rings. The van der Waals surface area contributed by atoms with Gasteiger partial charge in [-0.2, -0.15) is 0 Å². The Morgan fingerprint density at radius 2 is 2.11 bits per heavy atom. The lowest BCUT2D eigenvalue weighted by molar-refractivity contribution is 0.0696. The van der Waals surface area contributed by atoms with E-state index < -0.39 is 12.1 Å². The Bertz CT molecular complexity index is 513. The van der Waals surface area contributed by atoms with Crippen molar-refractivity contribution in [3.8, 4) is 0 Å². The Balaban J connectivity index is 2.45. The van der Waals surface area contributed by atoms with Crippen LogP contribution in [0.5, 0.6) is 0 Å². The van der Waals surface area contributed by atoms with Gasteiger partial charge in [0.25, 0.3) is 0 Å². The fourth-order valence-electron chi connectivity index (χ4n) is 2.32. The molecule has 1 aromatic heterocycles. The van der Waals surface area contributed by atoms with Crippen molar-refractivity contribution in [3.63, 3.8) is 0 Å². The molecule has 6 nitrogen and oxygen atoms in total. The Labute approximate surface area is 104 Å². The number of aromatic nitrogens is 1. The third kappa shape index (κ3) is 1.90. The lowest BCUT2D eigenvalue weighted by Crippen LogP contribution is -2.30. The molecule has 0 aromatic carbocycles. The molecule has 0 radical (unpaired) electrons. The van der Waals surface area contributed by atoms with Crippen molar-refractivity contribution in [2.45, 2.75) is 26.4 Å². The quantitative estimate of drug-likeness (QED) is 0.837. The Hall–Kier alpha value is -2.11. The first-order chi connectivity index (χ1) is 8.41. The van der Waals surface area contributed by atoms with Crippen molar-refractivity contribution >= 4 is 12.1 Å². The fraction of sp³-hybridized carbons (Fsp3) is 0.417. The number of carbonyl (C=O) groups is 2. The number of fused-ring (bicyclic) bond motifs is 1. The topological polar surface area (TPSA) is 90.7 Å². The summed E-state index contributed by atoms with van der Waals surface area (Å²) >= 11 is 0. The molecule has 0 aliphatic carbocycles. The van der Waals surface area contributed by atoms with Crippen LogP contribution in [0.15, 0.2) is 12.3 Å². The van der Waals surface area contributed by atoms with Crippen LogP contribution in [-0.2, 0) is 6.54 Å². The van der Waals surface area contributed by atoms with Gasteiger partial charge in [0, 0.05) is 6.20 Å². The molecule has 6 heteroatoms. The van der Waals surface area contributed by atoms with Crippen LogP contribution in [0.4, 0.5) is 4.79 Å². The van der Waals surface area contributed by atoms with Crippen LogP contribution in [0.3, 0.4) is 0 Å². The van der Waals surface area contributed by atoms with Crippen LogP contribution in [0.25, 0.3) is 0 Å². The highest BCUT2D eigenvalue weighted by atomic mass is 16.4. The minimum absolute atomic E-state index is 0.0866. The second-order valence-electron chi connectivity index (χ2n) is 4.67. The number of hydrogen-bond acceptors (Lipinski definition) is 3. The van der Waals surface area contributed by atoms with Crippen molar-refractivity contribution in [1.82, 2.24) is 9.88 Å². The van der Waals surface area contributed by atoms with E-state index in [1.807, 2.05) is 13.8 Å². The van der Waals surface area contributed by atoms with E-state index in [0.717, 1.165) is 0 Å². The summed E-state index contributed by atoms with van der Waals surface area (Å²) in [6.07, 6.45) is 0.269. The van der Waals surface area contributed by atoms with Gasteiger partial charge in [0.1, 0.15) is 0 Å². The molecule has 0 unspecified atom stereocenters. The molecule has 0 saturated carbocycles. The lowest BCUT2D eigenvalue weighted by Gasteiger charge is -2.24.